The maximum atomic E-state index is 9.00. The first-order chi connectivity index (χ1) is 2.73. The first-order valence-corrected chi connectivity index (χ1v) is 1.51. The molecule has 46 valence electrons. The Morgan fingerprint density at radius 1 is 1.57 bits per heavy atom. The van der Waals surface area contributed by atoms with Gasteiger partial charge in [0.2, 0.25) is 0 Å². The highest BCUT2D eigenvalue weighted by atomic mass is 16.4. The van der Waals surface area contributed by atoms with Gasteiger partial charge in [0, 0.05) is 6.92 Å². The minimum atomic E-state index is -0.833. The van der Waals surface area contributed by atoms with E-state index in [-0.39, 0.29) is 7.43 Å². The minimum absolute atomic E-state index is 0. The molecule has 0 aromatic rings. The van der Waals surface area contributed by atoms with Crippen molar-refractivity contribution in [2.24, 2.45) is 5.73 Å². The molecule has 0 amide bonds. The van der Waals surface area contributed by atoms with Crippen LogP contribution in [0.1, 0.15) is 14.4 Å². The van der Waals surface area contributed by atoms with Crippen LogP contribution < -0.4 is 5.73 Å². The fourth-order valence-electron chi connectivity index (χ4n) is 0. The smallest absolute Gasteiger partial charge is 0.300 e. The van der Waals surface area contributed by atoms with Gasteiger partial charge in [0.05, 0.1) is 0 Å². The summed E-state index contributed by atoms with van der Waals surface area (Å²) in [6.07, 6.45) is 0. The Bertz CT molecular complexity index is 32.7. The zero-order valence-electron chi connectivity index (χ0n) is 3.93. The van der Waals surface area contributed by atoms with E-state index >= 15 is 0 Å². The summed E-state index contributed by atoms with van der Waals surface area (Å²) in [5, 5.41) is 7.42. The molecule has 0 fully saturated rings. The summed E-state index contributed by atoms with van der Waals surface area (Å²) in [7, 11) is 1.50. The van der Waals surface area contributed by atoms with Gasteiger partial charge in [-0.1, -0.05) is 7.43 Å². The van der Waals surface area contributed by atoms with E-state index in [0.29, 0.717) is 0 Å². The van der Waals surface area contributed by atoms with Crippen LogP contribution in [0.2, 0.25) is 0 Å². The third-order valence-electron chi connectivity index (χ3n) is 0. The molecule has 3 N–H and O–H groups in total. The molecule has 3 heteroatoms. The quantitative estimate of drug-likeness (QED) is 0.468. The number of nitrogens with two attached hydrogens (primary N) is 1. The second kappa shape index (κ2) is 18.0. The Balaban J connectivity index is -0.0000000480. The van der Waals surface area contributed by atoms with Crippen molar-refractivity contribution in [3.8, 4) is 0 Å². The number of hydrogen-bond acceptors (Lipinski definition) is 2. The average molecular weight is 107 g/mol. The third-order valence-corrected chi connectivity index (χ3v) is 0. The summed E-state index contributed by atoms with van der Waals surface area (Å²) in [5.74, 6) is -0.833. The Morgan fingerprint density at radius 2 is 1.57 bits per heavy atom. The summed E-state index contributed by atoms with van der Waals surface area (Å²) in [6, 6.07) is 0. The minimum Gasteiger partial charge on any atom is -0.481 e. The van der Waals surface area contributed by atoms with Crippen molar-refractivity contribution < 1.29 is 9.90 Å². The van der Waals surface area contributed by atoms with Crippen molar-refractivity contribution in [2.75, 3.05) is 7.05 Å². The number of rotatable bonds is 0. The van der Waals surface area contributed by atoms with Gasteiger partial charge in [0.15, 0.2) is 0 Å². The zero-order chi connectivity index (χ0) is 5.58. The predicted octanol–water partition coefficient (Wildman–Crippen LogP) is 0.302. The Kier molecular flexibility index (Phi) is 41.5. The maximum Gasteiger partial charge on any atom is 0.300 e. The molecule has 0 aliphatic heterocycles. The number of carboxylic acid groups (broad SMARTS) is 1. The van der Waals surface area contributed by atoms with Gasteiger partial charge in [-0.2, -0.15) is 0 Å². The molecule has 0 aliphatic carbocycles. The summed E-state index contributed by atoms with van der Waals surface area (Å²) < 4.78 is 0. The van der Waals surface area contributed by atoms with E-state index in [4.69, 9.17) is 9.90 Å². The van der Waals surface area contributed by atoms with Crippen LogP contribution in [-0.4, -0.2) is 18.1 Å². The molecule has 0 aromatic heterocycles. The van der Waals surface area contributed by atoms with Crippen molar-refractivity contribution in [3.05, 3.63) is 0 Å². The monoisotopic (exact) mass is 107 g/mol. The van der Waals surface area contributed by atoms with Crippen LogP contribution in [0.25, 0.3) is 0 Å². The molecule has 0 saturated carbocycles. The highest BCUT2D eigenvalue weighted by molar-refractivity contribution is 5.62. The Hall–Kier alpha value is -0.570. The molecule has 0 aliphatic rings. The van der Waals surface area contributed by atoms with Crippen LogP contribution >= 0.6 is 0 Å². The van der Waals surface area contributed by atoms with Crippen LogP contribution in [0.3, 0.4) is 0 Å². The van der Waals surface area contributed by atoms with Crippen LogP contribution in [0.4, 0.5) is 0 Å². The molecular formula is C4H13NO2. The third kappa shape index (κ3) is 197. The first kappa shape index (κ1) is 16.1. The number of carboxylic acids is 1. The zero-order valence-corrected chi connectivity index (χ0v) is 3.93. The van der Waals surface area contributed by atoms with E-state index in [9.17, 15) is 0 Å². The predicted molar refractivity (Wildman–Crippen MR) is 30.2 cm³/mol. The van der Waals surface area contributed by atoms with Gasteiger partial charge in [0.25, 0.3) is 5.97 Å². The Labute approximate surface area is 44.1 Å². The fraction of sp³-hybridized carbons (Fsp3) is 0.750. The summed E-state index contributed by atoms with van der Waals surface area (Å²) in [4.78, 5) is 9.00. The van der Waals surface area contributed by atoms with E-state index in [0.717, 1.165) is 6.92 Å². The molecule has 0 saturated heterocycles. The second-order valence-electron chi connectivity index (χ2n) is 0.519. The normalized spacial score (nSPS) is 4.43. The summed E-state index contributed by atoms with van der Waals surface area (Å²) in [6.45, 7) is 1.08. The average Bonchev–Trinajstić information content (AvgIpc) is 1.41. The standard InChI is InChI=1S/C2H4O2.CH5N.CH4/c1-2(3)4;1-2;/h1H3,(H,3,4);2H2,1H3;1H4. The van der Waals surface area contributed by atoms with Gasteiger partial charge in [0.1, 0.15) is 0 Å². The SMILES string of the molecule is C.CC(=O)O.CN. The number of hydrogen-bond donors (Lipinski definition) is 2. The van der Waals surface area contributed by atoms with Gasteiger partial charge in [-0.15, -0.1) is 0 Å². The molecule has 0 heterocycles. The molecule has 0 rings (SSSR count). The maximum absolute atomic E-state index is 9.00. The van der Waals surface area contributed by atoms with Crippen molar-refractivity contribution in [3.63, 3.8) is 0 Å². The van der Waals surface area contributed by atoms with Gasteiger partial charge >= 0.3 is 0 Å². The number of carbonyl (C=O) groups is 1. The van der Waals surface area contributed by atoms with E-state index in [1.807, 2.05) is 0 Å². The molecule has 0 atom stereocenters. The fourth-order valence-corrected chi connectivity index (χ4v) is 0. The van der Waals surface area contributed by atoms with E-state index in [1.165, 1.54) is 7.05 Å². The van der Waals surface area contributed by atoms with Gasteiger partial charge in [-0.25, -0.2) is 0 Å². The van der Waals surface area contributed by atoms with Crippen molar-refractivity contribution in [1.29, 1.82) is 0 Å². The van der Waals surface area contributed by atoms with Gasteiger partial charge in [-0.3, -0.25) is 4.79 Å². The lowest BCUT2D eigenvalue weighted by molar-refractivity contribution is -0.134. The summed E-state index contributed by atoms with van der Waals surface area (Å²) >= 11 is 0. The van der Waals surface area contributed by atoms with Gasteiger partial charge in [-0.05, 0) is 7.05 Å². The Morgan fingerprint density at radius 3 is 1.57 bits per heavy atom. The lowest BCUT2D eigenvalue weighted by Gasteiger charge is -1.59. The lowest BCUT2D eigenvalue weighted by Crippen LogP contribution is -1.78. The molecular weight excluding hydrogens is 94.0 g/mol. The molecule has 0 unspecified atom stereocenters. The van der Waals surface area contributed by atoms with Crippen molar-refractivity contribution >= 4 is 5.97 Å². The van der Waals surface area contributed by atoms with Gasteiger partial charge < -0.3 is 10.8 Å². The topological polar surface area (TPSA) is 63.3 Å². The van der Waals surface area contributed by atoms with Crippen molar-refractivity contribution in [2.45, 2.75) is 14.4 Å². The second-order valence-corrected chi connectivity index (χ2v) is 0.519. The van der Waals surface area contributed by atoms with Crippen LogP contribution in [0, 0.1) is 0 Å². The molecule has 3 nitrogen and oxygen atoms in total. The summed E-state index contributed by atoms with van der Waals surface area (Å²) in [5.41, 5.74) is 4.50. The first-order valence-electron chi connectivity index (χ1n) is 1.51. The molecule has 0 spiro atoms. The largest absolute Gasteiger partial charge is 0.481 e. The highest BCUT2D eigenvalue weighted by Gasteiger charge is 1.65. The van der Waals surface area contributed by atoms with E-state index in [1.54, 1.807) is 0 Å². The van der Waals surface area contributed by atoms with Crippen molar-refractivity contribution in [1.82, 2.24) is 0 Å². The molecule has 0 radical (unpaired) electrons. The lowest BCUT2D eigenvalue weighted by atomic mass is 10.9. The van der Waals surface area contributed by atoms with Crippen LogP contribution in [0.15, 0.2) is 0 Å². The molecule has 0 bridgehead atoms. The van der Waals surface area contributed by atoms with E-state index in [2.05, 4.69) is 5.73 Å². The van der Waals surface area contributed by atoms with E-state index < -0.39 is 5.97 Å². The molecule has 0 aromatic carbocycles. The highest BCUT2D eigenvalue weighted by Crippen LogP contribution is 1.42. The van der Waals surface area contributed by atoms with Crippen LogP contribution in [0.5, 0.6) is 0 Å². The van der Waals surface area contributed by atoms with Crippen LogP contribution in [-0.2, 0) is 4.79 Å². The number of aliphatic carboxylic acids is 1. The molecule has 7 heavy (non-hydrogen) atoms.